The summed E-state index contributed by atoms with van der Waals surface area (Å²) in [4.78, 5) is 25.1. The van der Waals surface area contributed by atoms with Crippen molar-refractivity contribution in [3.63, 3.8) is 0 Å². The zero-order chi connectivity index (χ0) is 15.1. The van der Waals surface area contributed by atoms with Crippen LogP contribution in [-0.2, 0) is 4.79 Å². The summed E-state index contributed by atoms with van der Waals surface area (Å²) in [6.45, 7) is 1.95. The van der Waals surface area contributed by atoms with Crippen LogP contribution >= 0.6 is 0 Å². The first-order valence-electron chi connectivity index (χ1n) is 6.26. The number of carbonyl (C=O) groups is 2. The lowest BCUT2D eigenvalue weighted by Gasteiger charge is -2.17. The summed E-state index contributed by atoms with van der Waals surface area (Å²) in [6, 6.07) is 6.27. The number of nitrogens with two attached hydrogens (primary N) is 1. The van der Waals surface area contributed by atoms with E-state index < -0.39 is 6.04 Å². The van der Waals surface area contributed by atoms with Crippen LogP contribution in [-0.4, -0.2) is 43.4 Å². The van der Waals surface area contributed by atoms with Crippen molar-refractivity contribution in [3.05, 3.63) is 35.4 Å². The quantitative estimate of drug-likeness (QED) is 0.773. The average molecular weight is 273 g/mol. The summed E-state index contributed by atoms with van der Waals surface area (Å²) in [5, 5.41) is 2.65. The lowest BCUT2D eigenvalue weighted by atomic mass is 10.1. The average Bonchev–Trinajstić information content (AvgIpc) is 2.44. The maximum absolute atomic E-state index is 12.0. The topological polar surface area (TPSA) is 75.4 Å². The minimum absolute atomic E-state index is 0.149. The normalized spacial score (nSPS) is 11.0. The van der Waals surface area contributed by atoms with Gasteiger partial charge in [-0.2, -0.15) is 0 Å². The van der Waals surface area contributed by atoms with Crippen molar-refractivity contribution in [3.8, 4) is 11.8 Å². The van der Waals surface area contributed by atoms with Gasteiger partial charge in [-0.25, -0.2) is 0 Å². The standard InChI is InChI=1S/C15H19N3O2/c1-11(15(20)18(2)3)17-14(19)13-8-6-12(7-9-13)5-4-10-16/h6-9,11H,10,16H2,1-3H3,(H,17,19). The summed E-state index contributed by atoms with van der Waals surface area (Å²) in [5.74, 6) is 5.18. The molecule has 0 bridgehead atoms. The molecule has 0 aliphatic carbocycles. The van der Waals surface area contributed by atoms with Gasteiger partial charge in [0.15, 0.2) is 0 Å². The van der Waals surface area contributed by atoms with Crippen molar-refractivity contribution in [2.75, 3.05) is 20.6 Å². The molecule has 0 radical (unpaired) electrons. The van der Waals surface area contributed by atoms with E-state index in [1.54, 1.807) is 45.3 Å². The van der Waals surface area contributed by atoms with Crippen LogP contribution in [0.4, 0.5) is 0 Å². The predicted molar refractivity (Wildman–Crippen MR) is 78.0 cm³/mol. The molecule has 20 heavy (non-hydrogen) atoms. The van der Waals surface area contributed by atoms with Gasteiger partial charge in [0, 0.05) is 25.2 Å². The molecule has 1 rings (SSSR count). The maximum Gasteiger partial charge on any atom is 0.251 e. The summed E-state index contributed by atoms with van der Waals surface area (Å²) >= 11 is 0. The minimum atomic E-state index is -0.561. The minimum Gasteiger partial charge on any atom is -0.347 e. The zero-order valence-corrected chi connectivity index (χ0v) is 11.9. The Morgan fingerprint density at radius 3 is 2.40 bits per heavy atom. The van der Waals surface area contributed by atoms with Crippen LogP contribution < -0.4 is 11.1 Å². The van der Waals surface area contributed by atoms with Crippen molar-refractivity contribution in [1.82, 2.24) is 10.2 Å². The van der Waals surface area contributed by atoms with Gasteiger partial charge < -0.3 is 16.0 Å². The fourth-order valence-electron chi connectivity index (χ4n) is 1.59. The molecule has 3 N–H and O–H groups in total. The van der Waals surface area contributed by atoms with E-state index in [0.717, 1.165) is 5.56 Å². The summed E-state index contributed by atoms with van der Waals surface area (Å²) in [6.07, 6.45) is 0. The molecule has 106 valence electrons. The first-order valence-corrected chi connectivity index (χ1v) is 6.26. The Bertz CT molecular complexity index is 538. The molecule has 5 heteroatoms. The Morgan fingerprint density at radius 1 is 1.30 bits per heavy atom. The Kier molecular flexibility index (Phi) is 5.75. The fourth-order valence-corrected chi connectivity index (χ4v) is 1.59. The number of nitrogens with zero attached hydrogens (tertiary/aromatic N) is 1. The largest absolute Gasteiger partial charge is 0.347 e. The van der Waals surface area contributed by atoms with Gasteiger partial charge in [0.25, 0.3) is 5.91 Å². The molecule has 1 atom stereocenters. The highest BCUT2D eigenvalue weighted by Gasteiger charge is 2.17. The van der Waals surface area contributed by atoms with Gasteiger partial charge in [-0.1, -0.05) is 11.8 Å². The van der Waals surface area contributed by atoms with Gasteiger partial charge in [-0.15, -0.1) is 0 Å². The lowest BCUT2D eigenvalue weighted by Crippen LogP contribution is -2.44. The van der Waals surface area contributed by atoms with Crippen molar-refractivity contribution in [2.45, 2.75) is 13.0 Å². The van der Waals surface area contributed by atoms with Crippen LogP contribution in [0.1, 0.15) is 22.8 Å². The molecular weight excluding hydrogens is 254 g/mol. The SMILES string of the molecule is CC(NC(=O)c1ccc(C#CCN)cc1)C(=O)N(C)C. The summed E-state index contributed by atoms with van der Waals surface area (Å²) in [7, 11) is 3.30. The molecule has 0 fully saturated rings. The molecule has 0 heterocycles. The first kappa shape index (κ1) is 15.7. The van der Waals surface area contributed by atoms with Crippen molar-refractivity contribution >= 4 is 11.8 Å². The molecule has 0 saturated carbocycles. The second-order valence-corrected chi connectivity index (χ2v) is 4.51. The molecule has 0 aromatic heterocycles. The Hall–Kier alpha value is -2.32. The molecule has 0 aliphatic heterocycles. The molecule has 1 aromatic rings. The number of likely N-dealkylation sites (N-methyl/N-ethyl adjacent to an activating group) is 1. The fraction of sp³-hybridized carbons (Fsp3) is 0.333. The first-order chi connectivity index (χ1) is 9.45. The van der Waals surface area contributed by atoms with E-state index in [1.165, 1.54) is 4.90 Å². The van der Waals surface area contributed by atoms with E-state index in [9.17, 15) is 9.59 Å². The van der Waals surface area contributed by atoms with E-state index in [4.69, 9.17) is 5.73 Å². The van der Waals surface area contributed by atoms with Gasteiger partial charge in [0.1, 0.15) is 6.04 Å². The third-order valence-corrected chi connectivity index (χ3v) is 2.64. The number of hydrogen-bond donors (Lipinski definition) is 2. The van der Waals surface area contributed by atoms with Gasteiger partial charge in [0.05, 0.1) is 6.54 Å². The highest BCUT2D eigenvalue weighted by atomic mass is 16.2. The monoisotopic (exact) mass is 273 g/mol. The number of nitrogens with one attached hydrogen (secondary N) is 1. The molecule has 2 amide bonds. The highest BCUT2D eigenvalue weighted by Crippen LogP contribution is 2.04. The molecular formula is C15H19N3O2. The summed E-state index contributed by atoms with van der Waals surface area (Å²) in [5.41, 5.74) is 6.57. The van der Waals surface area contributed by atoms with Gasteiger partial charge >= 0.3 is 0 Å². The van der Waals surface area contributed by atoms with Gasteiger partial charge in [0.2, 0.25) is 5.91 Å². The summed E-state index contributed by atoms with van der Waals surface area (Å²) < 4.78 is 0. The molecule has 0 spiro atoms. The number of hydrogen-bond acceptors (Lipinski definition) is 3. The highest BCUT2D eigenvalue weighted by molar-refractivity contribution is 5.97. The number of rotatable bonds is 3. The van der Waals surface area contributed by atoms with E-state index in [1.807, 2.05) is 0 Å². The second-order valence-electron chi connectivity index (χ2n) is 4.51. The van der Waals surface area contributed by atoms with E-state index >= 15 is 0 Å². The molecule has 0 aliphatic rings. The third kappa shape index (κ3) is 4.41. The number of carbonyl (C=O) groups excluding carboxylic acids is 2. The Labute approximate surface area is 119 Å². The Morgan fingerprint density at radius 2 is 1.90 bits per heavy atom. The van der Waals surface area contributed by atoms with Crippen molar-refractivity contribution < 1.29 is 9.59 Å². The second kappa shape index (κ2) is 7.31. The third-order valence-electron chi connectivity index (χ3n) is 2.64. The van der Waals surface area contributed by atoms with E-state index in [0.29, 0.717) is 12.1 Å². The van der Waals surface area contributed by atoms with Crippen LogP contribution in [0.3, 0.4) is 0 Å². The van der Waals surface area contributed by atoms with Gasteiger partial charge in [-0.05, 0) is 31.2 Å². The van der Waals surface area contributed by atoms with Crippen LogP contribution in [0.25, 0.3) is 0 Å². The van der Waals surface area contributed by atoms with Crippen LogP contribution in [0, 0.1) is 11.8 Å². The number of benzene rings is 1. The maximum atomic E-state index is 12.0. The predicted octanol–water partition coefficient (Wildman–Crippen LogP) is 0.203. The van der Waals surface area contributed by atoms with Crippen molar-refractivity contribution in [1.29, 1.82) is 0 Å². The van der Waals surface area contributed by atoms with E-state index in [-0.39, 0.29) is 11.8 Å². The van der Waals surface area contributed by atoms with Crippen LogP contribution in [0.2, 0.25) is 0 Å². The zero-order valence-electron chi connectivity index (χ0n) is 11.9. The molecule has 1 aromatic carbocycles. The smallest absolute Gasteiger partial charge is 0.251 e. The van der Waals surface area contributed by atoms with Gasteiger partial charge in [-0.3, -0.25) is 9.59 Å². The van der Waals surface area contributed by atoms with E-state index in [2.05, 4.69) is 17.2 Å². The van der Waals surface area contributed by atoms with Crippen molar-refractivity contribution in [2.24, 2.45) is 5.73 Å². The number of amides is 2. The molecule has 1 unspecified atom stereocenters. The van der Waals surface area contributed by atoms with Crippen LogP contribution in [0.15, 0.2) is 24.3 Å². The lowest BCUT2D eigenvalue weighted by molar-refractivity contribution is -0.130. The Balaban J connectivity index is 2.71. The molecule has 5 nitrogen and oxygen atoms in total. The van der Waals surface area contributed by atoms with Crippen LogP contribution in [0.5, 0.6) is 0 Å². The molecule has 0 saturated heterocycles.